The monoisotopic (exact) mass is 263 g/mol. The number of hydrogen-bond donors (Lipinski definition) is 1. The molecule has 0 aromatic heterocycles. The molecule has 1 heterocycles. The molecule has 1 aromatic carbocycles. The first kappa shape index (κ1) is 13.9. The molecule has 0 saturated carbocycles. The largest absolute Gasteiger partial charge is 0.497 e. The molecular weight excluding hydrogens is 242 g/mol. The van der Waals surface area contributed by atoms with Crippen LogP contribution in [-0.2, 0) is 14.9 Å². The average Bonchev–Trinajstić information content (AvgIpc) is 2.91. The molecule has 0 radical (unpaired) electrons. The summed E-state index contributed by atoms with van der Waals surface area (Å²) in [5.41, 5.74) is 0.982. The highest BCUT2D eigenvalue weighted by Gasteiger charge is 2.47. The van der Waals surface area contributed by atoms with Crippen molar-refractivity contribution in [1.29, 1.82) is 0 Å². The molecule has 1 N–H and O–H groups in total. The third kappa shape index (κ3) is 2.32. The number of rotatable bonds is 4. The maximum Gasteiger partial charge on any atom is 0.310 e. The van der Waals surface area contributed by atoms with Crippen LogP contribution in [0.15, 0.2) is 24.3 Å². The lowest BCUT2D eigenvalue weighted by molar-refractivity contribution is -0.146. The molecule has 4 heteroatoms. The molecule has 2 rings (SSSR count). The van der Waals surface area contributed by atoms with Gasteiger partial charge in [-0.15, -0.1) is 0 Å². The van der Waals surface area contributed by atoms with Crippen LogP contribution in [0, 0.1) is 5.92 Å². The van der Waals surface area contributed by atoms with Gasteiger partial charge in [-0.3, -0.25) is 4.79 Å². The van der Waals surface area contributed by atoms with Crippen LogP contribution in [0.25, 0.3) is 0 Å². The fourth-order valence-corrected chi connectivity index (χ4v) is 3.01. The van der Waals surface area contributed by atoms with Crippen molar-refractivity contribution in [1.82, 2.24) is 5.32 Å². The van der Waals surface area contributed by atoms with E-state index in [1.807, 2.05) is 24.3 Å². The zero-order chi connectivity index (χ0) is 13.9. The summed E-state index contributed by atoms with van der Waals surface area (Å²) in [6, 6.07) is 7.98. The van der Waals surface area contributed by atoms with Gasteiger partial charge in [0, 0.05) is 18.5 Å². The molecule has 1 fully saturated rings. The van der Waals surface area contributed by atoms with Crippen molar-refractivity contribution in [2.24, 2.45) is 5.92 Å². The van der Waals surface area contributed by atoms with Gasteiger partial charge in [-0.2, -0.15) is 0 Å². The fraction of sp³-hybridized carbons (Fsp3) is 0.533. The maximum absolute atomic E-state index is 12.0. The average molecular weight is 263 g/mol. The van der Waals surface area contributed by atoms with Crippen LogP contribution in [0.4, 0.5) is 0 Å². The van der Waals surface area contributed by atoms with Crippen LogP contribution in [-0.4, -0.2) is 33.3 Å². The molecule has 0 spiro atoms. The summed E-state index contributed by atoms with van der Waals surface area (Å²) in [6.07, 6.45) is 0.895. The van der Waals surface area contributed by atoms with Crippen LogP contribution in [0.3, 0.4) is 0 Å². The van der Waals surface area contributed by atoms with E-state index >= 15 is 0 Å². The van der Waals surface area contributed by atoms with E-state index in [4.69, 9.17) is 9.47 Å². The first-order valence-electron chi connectivity index (χ1n) is 6.61. The number of carbonyl (C=O) groups excluding carboxylic acids is 1. The van der Waals surface area contributed by atoms with Gasteiger partial charge in [0.15, 0.2) is 0 Å². The fourth-order valence-electron chi connectivity index (χ4n) is 3.01. The molecule has 0 bridgehead atoms. The first-order chi connectivity index (χ1) is 9.17. The molecule has 1 saturated heterocycles. The smallest absolute Gasteiger partial charge is 0.310 e. The summed E-state index contributed by atoms with van der Waals surface area (Å²) in [7, 11) is 3.11. The SMILES string of the molecule is CCC1(c2ccc(OC)cc2)CNCC1C(=O)OC. The Hall–Kier alpha value is -1.55. The topological polar surface area (TPSA) is 47.6 Å². The molecule has 2 atom stereocenters. The lowest BCUT2D eigenvalue weighted by Gasteiger charge is -2.32. The van der Waals surface area contributed by atoms with Crippen LogP contribution in [0.2, 0.25) is 0 Å². The van der Waals surface area contributed by atoms with Crippen molar-refractivity contribution >= 4 is 5.97 Å². The van der Waals surface area contributed by atoms with Crippen molar-refractivity contribution in [2.45, 2.75) is 18.8 Å². The van der Waals surface area contributed by atoms with E-state index in [1.165, 1.54) is 7.11 Å². The number of ether oxygens (including phenoxy) is 2. The van der Waals surface area contributed by atoms with Crippen molar-refractivity contribution in [3.8, 4) is 5.75 Å². The van der Waals surface area contributed by atoms with Gasteiger partial charge in [-0.25, -0.2) is 0 Å². The number of methoxy groups -OCH3 is 2. The lowest BCUT2D eigenvalue weighted by Crippen LogP contribution is -2.39. The van der Waals surface area contributed by atoms with Crippen LogP contribution in [0.5, 0.6) is 5.75 Å². The molecular formula is C15H21NO3. The number of benzene rings is 1. The van der Waals surface area contributed by atoms with Crippen molar-refractivity contribution < 1.29 is 14.3 Å². The van der Waals surface area contributed by atoms with Gasteiger partial charge >= 0.3 is 5.97 Å². The molecule has 1 aliphatic heterocycles. The summed E-state index contributed by atoms with van der Waals surface area (Å²) in [6.45, 7) is 3.59. The Kier molecular flexibility index (Phi) is 4.10. The van der Waals surface area contributed by atoms with Gasteiger partial charge in [0.25, 0.3) is 0 Å². The minimum absolute atomic E-state index is 0.129. The van der Waals surface area contributed by atoms with Gasteiger partial charge in [-0.1, -0.05) is 19.1 Å². The normalized spacial score (nSPS) is 26.2. The van der Waals surface area contributed by atoms with Gasteiger partial charge in [0.1, 0.15) is 5.75 Å². The predicted octanol–water partition coefficient (Wildman–Crippen LogP) is 1.74. The maximum atomic E-state index is 12.0. The van der Waals surface area contributed by atoms with E-state index in [2.05, 4.69) is 12.2 Å². The summed E-state index contributed by atoms with van der Waals surface area (Å²) in [4.78, 5) is 12.0. The molecule has 1 aromatic rings. The molecule has 2 unspecified atom stereocenters. The summed E-state index contributed by atoms with van der Waals surface area (Å²) in [5, 5.41) is 3.32. The Bertz CT molecular complexity index is 443. The van der Waals surface area contributed by atoms with E-state index < -0.39 is 0 Å². The number of carbonyl (C=O) groups is 1. The highest BCUT2D eigenvalue weighted by atomic mass is 16.5. The van der Waals surface area contributed by atoms with Crippen molar-refractivity contribution in [3.63, 3.8) is 0 Å². The van der Waals surface area contributed by atoms with Crippen molar-refractivity contribution in [3.05, 3.63) is 29.8 Å². The van der Waals surface area contributed by atoms with Gasteiger partial charge in [0.05, 0.1) is 20.1 Å². The van der Waals surface area contributed by atoms with E-state index in [0.717, 1.165) is 24.3 Å². The van der Waals surface area contributed by atoms with E-state index in [-0.39, 0.29) is 17.3 Å². The second-order valence-corrected chi connectivity index (χ2v) is 4.94. The van der Waals surface area contributed by atoms with Crippen LogP contribution in [0.1, 0.15) is 18.9 Å². The second kappa shape index (κ2) is 5.61. The van der Waals surface area contributed by atoms with Gasteiger partial charge in [-0.05, 0) is 24.1 Å². The minimum Gasteiger partial charge on any atom is -0.497 e. The Labute approximate surface area is 114 Å². The summed E-state index contributed by atoms with van der Waals surface area (Å²) in [5.74, 6) is 0.564. The molecule has 4 nitrogen and oxygen atoms in total. The third-order valence-electron chi connectivity index (χ3n) is 4.24. The Morgan fingerprint density at radius 2 is 2.05 bits per heavy atom. The third-order valence-corrected chi connectivity index (χ3v) is 4.24. The van der Waals surface area contributed by atoms with E-state index in [0.29, 0.717) is 6.54 Å². The Morgan fingerprint density at radius 1 is 1.37 bits per heavy atom. The highest BCUT2D eigenvalue weighted by molar-refractivity contribution is 5.75. The first-order valence-corrected chi connectivity index (χ1v) is 6.61. The zero-order valence-electron chi connectivity index (χ0n) is 11.7. The minimum atomic E-state index is -0.181. The molecule has 0 amide bonds. The predicted molar refractivity (Wildman–Crippen MR) is 73.3 cm³/mol. The summed E-state index contributed by atoms with van der Waals surface area (Å²) < 4.78 is 10.1. The van der Waals surface area contributed by atoms with E-state index in [9.17, 15) is 4.79 Å². The molecule has 0 aliphatic carbocycles. The van der Waals surface area contributed by atoms with Crippen LogP contribution < -0.4 is 10.1 Å². The second-order valence-electron chi connectivity index (χ2n) is 4.94. The Morgan fingerprint density at radius 3 is 2.58 bits per heavy atom. The summed E-state index contributed by atoms with van der Waals surface area (Å²) >= 11 is 0. The standard InChI is InChI=1S/C15H21NO3/c1-4-15(10-16-9-13(15)14(17)19-3)11-5-7-12(18-2)8-6-11/h5-8,13,16H,4,9-10H2,1-3H3. The van der Waals surface area contributed by atoms with Gasteiger partial charge in [0.2, 0.25) is 0 Å². The van der Waals surface area contributed by atoms with Crippen LogP contribution >= 0.6 is 0 Å². The van der Waals surface area contributed by atoms with Gasteiger partial charge < -0.3 is 14.8 Å². The molecule has 19 heavy (non-hydrogen) atoms. The highest BCUT2D eigenvalue weighted by Crippen LogP contribution is 2.39. The zero-order valence-corrected chi connectivity index (χ0v) is 11.7. The number of hydrogen-bond acceptors (Lipinski definition) is 4. The molecule has 104 valence electrons. The molecule has 1 aliphatic rings. The van der Waals surface area contributed by atoms with Crippen molar-refractivity contribution in [2.75, 3.05) is 27.3 Å². The number of nitrogens with one attached hydrogen (secondary N) is 1. The quantitative estimate of drug-likeness (QED) is 0.841. The Balaban J connectivity index is 2.37. The lowest BCUT2D eigenvalue weighted by atomic mass is 9.70. The number of esters is 1. The van der Waals surface area contributed by atoms with E-state index in [1.54, 1.807) is 7.11 Å².